The summed E-state index contributed by atoms with van der Waals surface area (Å²) >= 11 is 0. The first-order chi connectivity index (χ1) is 5.20. The average molecular weight is 154 g/mol. The third kappa shape index (κ3) is 5.71. The van der Waals surface area contributed by atoms with Gasteiger partial charge in [-0.3, -0.25) is 0 Å². The third-order valence-corrected chi connectivity index (χ3v) is 1.74. The predicted molar refractivity (Wildman–Crippen MR) is 49.4 cm³/mol. The van der Waals surface area contributed by atoms with E-state index in [2.05, 4.69) is 27.0 Å². The zero-order valence-corrected chi connectivity index (χ0v) is 7.60. The Bertz CT molecular complexity index is 127. The highest BCUT2D eigenvalue weighted by Gasteiger charge is 2.00. The Labute approximate surface area is 69.8 Å². The van der Waals surface area contributed by atoms with Crippen LogP contribution in [0.3, 0.4) is 0 Å². The molecule has 0 saturated carbocycles. The molecule has 0 radical (unpaired) electrons. The predicted octanol–water partition coefficient (Wildman–Crippen LogP) is 3.14. The molecule has 0 aromatic heterocycles. The second-order valence-electron chi connectivity index (χ2n) is 2.95. The van der Waals surface area contributed by atoms with Crippen LogP contribution in [-0.4, -0.2) is 6.61 Å². The lowest BCUT2D eigenvalue weighted by Gasteiger charge is -2.09. The maximum Gasteiger partial charge on any atom is 0.108 e. The van der Waals surface area contributed by atoms with Crippen LogP contribution in [0.1, 0.15) is 26.7 Å². The molecule has 0 spiro atoms. The van der Waals surface area contributed by atoms with Crippen molar-refractivity contribution in [3.05, 3.63) is 25.0 Å². The minimum Gasteiger partial charge on any atom is -0.497 e. The molecular weight excluding hydrogens is 136 g/mol. The molecule has 0 N–H and O–H groups in total. The Morgan fingerprint density at radius 1 is 1.64 bits per heavy atom. The lowest BCUT2D eigenvalue weighted by atomic mass is 10.0. The number of hydrogen-bond acceptors (Lipinski definition) is 1. The molecule has 0 aliphatic heterocycles. The van der Waals surface area contributed by atoms with Crippen LogP contribution in [0.5, 0.6) is 0 Å². The Balaban J connectivity index is 3.43. The van der Waals surface area contributed by atoms with Gasteiger partial charge in [-0.1, -0.05) is 33.4 Å². The summed E-state index contributed by atoms with van der Waals surface area (Å²) in [7, 11) is 0. The highest BCUT2D eigenvalue weighted by molar-refractivity contribution is 4.95. The topological polar surface area (TPSA) is 9.23 Å². The van der Waals surface area contributed by atoms with E-state index in [0.29, 0.717) is 6.61 Å². The summed E-state index contributed by atoms with van der Waals surface area (Å²) in [5.74, 6) is 0.718. The van der Waals surface area contributed by atoms with Crippen LogP contribution in [-0.2, 0) is 4.74 Å². The van der Waals surface area contributed by atoms with Crippen LogP contribution in [0.25, 0.3) is 0 Å². The van der Waals surface area contributed by atoms with E-state index in [9.17, 15) is 0 Å². The minimum absolute atomic E-state index is 0.619. The van der Waals surface area contributed by atoms with Crippen molar-refractivity contribution < 1.29 is 4.74 Å². The highest BCUT2D eigenvalue weighted by Crippen LogP contribution is 2.12. The van der Waals surface area contributed by atoms with E-state index in [4.69, 9.17) is 4.74 Å². The first kappa shape index (κ1) is 10.3. The summed E-state index contributed by atoms with van der Waals surface area (Å²) < 4.78 is 5.01. The van der Waals surface area contributed by atoms with Crippen molar-refractivity contribution in [1.82, 2.24) is 0 Å². The molecule has 0 saturated heterocycles. The monoisotopic (exact) mass is 154 g/mol. The summed E-state index contributed by atoms with van der Waals surface area (Å²) in [4.78, 5) is 0. The SMILES string of the molecule is C=COCC(=C)CC(C)CC. The molecule has 0 rings (SSSR count). The molecule has 1 atom stereocenters. The van der Waals surface area contributed by atoms with Gasteiger partial charge in [0, 0.05) is 0 Å². The van der Waals surface area contributed by atoms with Crippen LogP contribution in [0.15, 0.2) is 25.0 Å². The number of rotatable bonds is 6. The molecule has 0 bridgehead atoms. The molecule has 0 heterocycles. The van der Waals surface area contributed by atoms with E-state index in [-0.39, 0.29) is 0 Å². The van der Waals surface area contributed by atoms with Crippen molar-refractivity contribution in [2.45, 2.75) is 26.7 Å². The molecule has 0 fully saturated rings. The molecule has 1 nitrogen and oxygen atoms in total. The third-order valence-electron chi connectivity index (χ3n) is 1.74. The maximum absolute atomic E-state index is 5.01. The molecular formula is C10H18O. The Morgan fingerprint density at radius 2 is 2.27 bits per heavy atom. The van der Waals surface area contributed by atoms with Crippen LogP contribution in [0, 0.1) is 5.92 Å². The standard InChI is InChI=1S/C10H18O/c1-5-9(3)7-10(4)8-11-6-2/h6,9H,2,4-5,7-8H2,1,3H3. The van der Waals surface area contributed by atoms with Gasteiger partial charge < -0.3 is 4.74 Å². The fourth-order valence-corrected chi connectivity index (χ4v) is 0.873. The smallest absolute Gasteiger partial charge is 0.108 e. The lowest BCUT2D eigenvalue weighted by Crippen LogP contribution is -1.98. The quantitative estimate of drug-likeness (QED) is 0.422. The first-order valence-corrected chi connectivity index (χ1v) is 4.09. The van der Waals surface area contributed by atoms with Crippen molar-refractivity contribution in [1.29, 1.82) is 0 Å². The van der Waals surface area contributed by atoms with Crippen molar-refractivity contribution in [2.24, 2.45) is 5.92 Å². The summed E-state index contributed by atoms with van der Waals surface area (Å²) in [6.45, 7) is 12.4. The molecule has 1 heteroatoms. The maximum atomic E-state index is 5.01. The van der Waals surface area contributed by atoms with E-state index in [0.717, 1.165) is 17.9 Å². The van der Waals surface area contributed by atoms with Crippen molar-refractivity contribution in [2.75, 3.05) is 6.61 Å². The summed E-state index contributed by atoms with van der Waals surface area (Å²) in [6.07, 6.45) is 3.72. The summed E-state index contributed by atoms with van der Waals surface area (Å²) in [6, 6.07) is 0. The average Bonchev–Trinajstić information content (AvgIpc) is 2.00. The largest absolute Gasteiger partial charge is 0.497 e. The number of hydrogen-bond donors (Lipinski definition) is 0. The Morgan fingerprint density at radius 3 is 2.73 bits per heavy atom. The molecule has 64 valence electrons. The molecule has 0 aliphatic carbocycles. The summed E-state index contributed by atoms with van der Waals surface area (Å²) in [5, 5.41) is 0. The van der Waals surface area contributed by atoms with Gasteiger partial charge in [-0.2, -0.15) is 0 Å². The molecule has 0 amide bonds. The second kappa shape index (κ2) is 6.02. The van der Waals surface area contributed by atoms with Crippen LogP contribution in [0.2, 0.25) is 0 Å². The fraction of sp³-hybridized carbons (Fsp3) is 0.600. The van der Waals surface area contributed by atoms with Crippen molar-refractivity contribution in [3.8, 4) is 0 Å². The van der Waals surface area contributed by atoms with Gasteiger partial charge in [-0.25, -0.2) is 0 Å². The van der Waals surface area contributed by atoms with Crippen molar-refractivity contribution in [3.63, 3.8) is 0 Å². The zero-order valence-electron chi connectivity index (χ0n) is 7.60. The fourth-order valence-electron chi connectivity index (χ4n) is 0.873. The van der Waals surface area contributed by atoms with Gasteiger partial charge in [0.1, 0.15) is 6.61 Å². The second-order valence-corrected chi connectivity index (χ2v) is 2.95. The van der Waals surface area contributed by atoms with Gasteiger partial charge in [-0.15, -0.1) is 0 Å². The van der Waals surface area contributed by atoms with E-state index >= 15 is 0 Å². The zero-order chi connectivity index (χ0) is 8.69. The molecule has 1 unspecified atom stereocenters. The van der Waals surface area contributed by atoms with Crippen LogP contribution >= 0.6 is 0 Å². The van der Waals surface area contributed by atoms with E-state index in [1.54, 1.807) is 0 Å². The van der Waals surface area contributed by atoms with Gasteiger partial charge >= 0.3 is 0 Å². The molecule has 0 aromatic carbocycles. The normalized spacial score (nSPS) is 12.2. The first-order valence-electron chi connectivity index (χ1n) is 4.09. The van der Waals surface area contributed by atoms with E-state index in [1.165, 1.54) is 12.7 Å². The summed E-state index contributed by atoms with van der Waals surface area (Å²) in [5.41, 5.74) is 1.15. The van der Waals surface area contributed by atoms with E-state index < -0.39 is 0 Å². The lowest BCUT2D eigenvalue weighted by molar-refractivity contribution is 0.274. The van der Waals surface area contributed by atoms with Crippen LogP contribution in [0.4, 0.5) is 0 Å². The Kier molecular flexibility index (Phi) is 5.63. The van der Waals surface area contributed by atoms with Crippen molar-refractivity contribution >= 4 is 0 Å². The molecule has 11 heavy (non-hydrogen) atoms. The Hall–Kier alpha value is -0.720. The van der Waals surface area contributed by atoms with Crippen LogP contribution < -0.4 is 0 Å². The van der Waals surface area contributed by atoms with Gasteiger partial charge in [0.25, 0.3) is 0 Å². The molecule has 0 aliphatic rings. The molecule has 0 aromatic rings. The van der Waals surface area contributed by atoms with Gasteiger partial charge in [0.2, 0.25) is 0 Å². The highest BCUT2D eigenvalue weighted by atomic mass is 16.5. The van der Waals surface area contributed by atoms with Gasteiger partial charge in [0.15, 0.2) is 0 Å². The minimum atomic E-state index is 0.619. The van der Waals surface area contributed by atoms with Gasteiger partial charge in [-0.05, 0) is 17.9 Å². The van der Waals surface area contributed by atoms with E-state index in [1.807, 2.05) is 0 Å². The van der Waals surface area contributed by atoms with Gasteiger partial charge in [0.05, 0.1) is 6.26 Å². The number of ether oxygens (including phenoxy) is 1.